The van der Waals surface area contributed by atoms with Crippen molar-refractivity contribution in [3.63, 3.8) is 0 Å². The summed E-state index contributed by atoms with van der Waals surface area (Å²) in [5.74, 6) is -0.734. The highest BCUT2D eigenvalue weighted by Gasteiger charge is 2.29. The molecule has 5 nitrogen and oxygen atoms in total. The maximum absolute atomic E-state index is 12.5. The molecule has 0 fully saturated rings. The van der Waals surface area contributed by atoms with Gasteiger partial charge in [0.2, 0.25) is 0 Å². The zero-order valence-electron chi connectivity index (χ0n) is 13.7. The number of alkyl halides is 3. The van der Waals surface area contributed by atoms with Crippen LogP contribution >= 0.6 is 0 Å². The van der Waals surface area contributed by atoms with Gasteiger partial charge in [0.1, 0.15) is 5.76 Å². The molecule has 26 heavy (non-hydrogen) atoms. The number of esters is 1. The second-order valence-electron chi connectivity index (χ2n) is 5.33. The monoisotopic (exact) mass is 367 g/mol. The fraction of sp³-hybridized carbons (Fsp3) is 0.222. The summed E-state index contributed by atoms with van der Waals surface area (Å²) in [5.41, 5.74) is -0.385. The molecule has 0 unspecified atom stereocenters. The molecule has 1 atom stereocenters. The van der Waals surface area contributed by atoms with Gasteiger partial charge < -0.3 is 14.5 Å². The first-order chi connectivity index (χ1) is 12.3. The van der Waals surface area contributed by atoms with Crippen molar-refractivity contribution in [3.05, 3.63) is 65.6 Å². The van der Waals surface area contributed by atoms with Gasteiger partial charge in [-0.15, -0.1) is 0 Å². The third-order valence-electron chi connectivity index (χ3n) is 3.33. The van der Waals surface area contributed by atoms with E-state index in [1.165, 1.54) is 31.4 Å². The molecular weight excluding hydrogens is 351 g/mol. The molecule has 0 aliphatic rings. The van der Waals surface area contributed by atoms with Crippen molar-refractivity contribution in [1.82, 2.24) is 5.32 Å². The fourth-order valence-electron chi connectivity index (χ4n) is 1.95. The Morgan fingerprint density at radius 1 is 1.23 bits per heavy atom. The molecule has 0 radical (unpaired) electrons. The Morgan fingerprint density at radius 3 is 2.50 bits per heavy atom. The number of rotatable bonds is 6. The summed E-state index contributed by atoms with van der Waals surface area (Å²) in [7, 11) is 0. The quantitative estimate of drug-likeness (QED) is 0.626. The lowest BCUT2D eigenvalue weighted by Crippen LogP contribution is -2.35. The van der Waals surface area contributed by atoms with Crippen LogP contribution in [-0.4, -0.2) is 18.0 Å². The first-order valence-corrected chi connectivity index (χ1v) is 7.62. The normalized spacial score (nSPS) is 12.8. The molecule has 0 aliphatic heterocycles. The molecule has 1 amide bonds. The van der Waals surface area contributed by atoms with Crippen LogP contribution in [-0.2, 0) is 27.0 Å². The first-order valence-electron chi connectivity index (χ1n) is 7.62. The molecule has 0 bridgehead atoms. The molecule has 1 aromatic carbocycles. The lowest BCUT2D eigenvalue weighted by molar-refractivity contribution is -0.150. The number of furan rings is 1. The van der Waals surface area contributed by atoms with Crippen LogP contribution < -0.4 is 5.32 Å². The van der Waals surface area contributed by atoms with Crippen LogP contribution in [0.2, 0.25) is 0 Å². The Balaban J connectivity index is 1.83. The number of carbonyl (C=O) groups is 2. The molecule has 0 saturated carbocycles. The smallest absolute Gasteiger partial charge is 0.416 e. The van der Waals surface area contributed by atoms with Crippen LogP contribution in [0.15, 0.2) is 53.2 Å². The summed E-state index contributed by atoms with van der Waals surface area (Å²) in [6.45, 7) is 1.57. The Kier molecular flexibility index (Phi) is 6.21. The first kappa shape index (κ1) is 19.3. The van der Waals surface area contributed by atoms with E-state index >= 15 is 0 Å². The van der Waals surface area contributed by atoms with Crippen molar-refractivity contribution < 1.29 is 31.9 Å². The van der Waals surface area contributed by atoms with Gasteiger partial charge in [-0.3, -0.25) is 4.79 Å². The molecule has 138 valence electrons. The third kappa shape index (κ3) is 5.80. The van der Waals surface area contributed by atoms with E-state index in [0.717, 1.165) is 18.2 Å². The average molecular weight is 367 g/mol. The van der Waals surface area contributed by atoms with Crippen molar-refractivity contribution in [2.45, 2.75) is 25.7 Å². The van der Waals surface area contributed by atoms with E-state index in [0.29, 0.717) is 11.3 Å². The van der Waals surface area contributed by atoms with Gasteiger partial charge in [-0.05, 0) is 42.8 Å². The number of benzene rings is 1. The van der Waals surface area contributed by atoms with Crippen LogP contribution in [0.3, 0.4) is 0 Å². The molecule has 0 saturated heterocycles. The highest BCUT2D eigenvalue weighted by molar-refractivity contribution is 5.90. The van der Waals surface area contributed by atoms with E-state index in [1.807, 2.05) is 0 Å². The van der Waals surface area contributed by atoms with Gasteiger partial charge in [0.15, 0.2) is 6.10 Å². The van der Waals surface area contributed by atoms with Crippen LogP contribution in [0.1, 0.15) is 23.8 Å². The molecule has 1 heterocycles. The minimum atomic E-state index is -4.42. The minimum Gasteiger partial charge on any atom is -0.467 e. The maximum Gasteiger partial charge on any atom is 0.416 e. The van der Waals surface area contributed by atoms with Gasteiger partial charge in [-0.25, -0.2) is 4.79 Å². The Hall–Kier alpha value is -3.03. The second-order valence-corrected chi connectivity index (χ2v) is 5.33. The number of halogens is 3. The minimum absolute atomic E-state index is 0.162. The van der Waals surface area contributed by atoms with Crippen LogP contribution in [0.5, 0.6) is 0 Å². The number of ether oxygens (including phenoxy) is 1. The van der Waals surface area contributed by atoms with Crippen molar-refractivity contribution in [3.8, 4) is 0 Å². The maximum atomic E-state index is 12.5. The third-order valence-corrected chi connectivity index (χ3v) is 3.33. The zero-order chi connectivity index (χ0) is 19.2. The average Bonchev–Trinajstić information content (AvgIpc) is 3.11. The molecule has 1 N–H and O–H groups in total. The van der Waals surface area contributed by atoms with Gasteiger partial charge in [0, 0.05) is 6.08 Å². The van der Waals surface area contributed by atoms with E-state index in [1.54, 1.807) is 12.1 Å². The summed E-state index contributed by atoms with van der Waals surface area (Å²) < 4.78 is 47.4. The van der Waals surface area contributed by atoms with Gasteiger partial charge in [0.25, 0.3) is 5.91 Å². The van der Waals surface area contributed by atoms with Crippen molar-refractivity contribution in [1.29, 1.82) is 0 Å². The topological polar surface area (TPSA) is 68.5 Å². The lowest BCUT2D eigenvalue weighted by atomic mass is 10.1. The Bertz CT molecular complexity index is 765. The molecular formula is C18H16F3NO4. The number of nitrogens with one attached hydrogen (secondary N) is 1. The number of carbonyl (C=O) groups excluding carboxylic acids is 2. The summed E-state index contributed by atoms with van der Waals surface area (Å²) in [6.07, 6.45) is -1.64. The zero-order valence-corrected chi connectivity index (χ0v) is 13.7. The van der Waals surface area contributed by atoms with Crippen LogP contribution in [0.25, 0.3) is 6.08 Å². The van der Waals surface area contributed by atoms with Gasteiger partial charge in [-0.2, -0.15) is 13.2 Å². The van der Waals surface area contributed by atoms with Gasteiger partial charge in [0.05, 0.1) is 18.4 Å². The van der Waals surface area contributed by atoms with Crippen molar-refractivity contribution >= 4 is 18.0 Å². The Labute approximate surface area is 147 Å². The molecule has 1 aromatic heterocycles. The predicted molar refractivity (Wildman–Crippen MR) is 86.6 cm³/mol. The number of hydrogen-bond acceptors (Lipinski definition) is 4. The standard InChI is InChI=1S/C18H16F3NO4/c1-12(17(24)22-11-15-3-2-10-25-15)26-16(23)9-6-13-4-7-14(8-5-13)18(19,20)21/h2-10,12H,11H2,1H3,(H,22,24)/b9-6+/t12-/m1/s1. The molecule has 2 rings (SSSR count). The lowest BCUT2D eigenvalue weighted by Gasteiger charge is -2.11. The molecule has 0 spiro atoms. The van der Waals surface area contributed by atoms with Crippen molar-refractivity contribution in [2.24, 2.45) is 0 Å². The predicted octanol–water partition coefficient (Wildman–Crippen LogP) is 3.56. The largest absolute Gasteiger partial charge is 0.467 e. The summed E-state index contributed by atoms with van der Waals surface area (Å²) in [5, 5.41) is 2.54. The Morgan fingerprint density at radius 2 is 1.92 bits per heavy atom. The van der Waals surface area contributed by atoms with Gasteiger partial charge in [-0.1, -0.05) is 12.1 Å². The summed E-state index contributed by atoms with van der Waals surface area (Å²) in [4.78, 5) is 23.5. The van der Waals surface area contributed by atoms with Crippen molar-refractivity contribution in [2.75, 3.05) is 0 Å². The molecule has 8 heteroatoms. The SMILES string of the molecule is C[C@@H](OC(=O)/C=C/c1ccc(C(F)(F)F)cc1)C(=O)NCc1ccco1. The van der Waals surface area contributed by atoms with E-state index in [4.69, 9.17) is 9.15 Å². The second kappa shape index (κ2) is 8.37. The molecule has 2 aromatic rings. The van der Waals surface area contributed by atoms with E-state index < -0.39 is 29.7 Å². The summed E-state index contributed by atoms with van der Waals surface area (Å²) >= 11 is 0. The van der Waals surface area contributed by atoms with Crippen LogP contribution in [0.4, 0.5) is 13.2 Å². The van der Waals surface area contributed by atoms with E-state index in [2.05, 4.69) is 5.32 Å². The highest BCUT2D eigenvalue weighted by Crippen LogP contribution is 2.29. The van der Waals surface area contributed by atoms with Gasteiger partial charge >= 0.3 is 12.1 Å². The fourth-order valence-corrected chi connectivity index (χ4v) is 1.95. The van der Waals surface area contributed by atoms with Crippen LogP contribution in [0, 0.1) is 0 Å². The highest BCUT2D eigenvalue weighted by atomic mass is 19.4. The molecule has 0 aliphatic carbocycles. The number of amides is 1. The van der Waals surface area contributed by atoms with E-state index in [-0.39, 0.29) is 6.54 Å². The number of hydrogen-bond donors (Lipinski definition) is 1. The van der Waals surface area contributed by atoms with E-state index in [9.17, 15) is 22.8 Å². The summed E-state index contributed by atoms with van der Waals surface area (Å²) in [6, 6.07) is 7.64.